The molecule has 5 heteroatoms. The van der Waals surface area contributed by atoms with E-state index in [2.05, 4.69) is 48.3 Å². The van der Waals surface area contributed by atoms with Crippen LogP contribution in [0.15, 0.2) is 6.07 Å². The van der Waals surface area contributed by atoms with Crippen LogP contribution in [-0.4, -0.2) is 29.2 Å². The minimum atomic E-state index is 0.0994. The number of aromatic nitrogens is 2. The highest BCUT2D eigenvalue weighted by Crippen LogP contribution is 2.25. The van der Waals surface area contributed by atoms with Crippen LogP contribution in [0.5, 0.6) is 0 Å². The van der Waals surface area contributed by atoms with Gasteiger partial charge in [-0.05, 0) is 26.2 Å². The molecule has 2 N–H and O–H groups in total. The third-order valence-electron chi connectivity index (χ3n) is 3.83. The van der Waals surface area contributed by atoms with E-state index in [1.165, 1.54) is 0 Å². The standard InChI is InChI=1S/C15H28N4O/c1-6-15(7-2,8-3)19-13-10-12(16-9-4)17-14(18-13)11-20-5/h10H,6-9,11H2,1-5H3,(H2,16,17,18,19). The van der Waals surface area contributed by atoms with Gasteiger partial charge in [0, 0.05) is 25.3 Å². The first-order chi connectivity index (χ1) is 9.62. The zero-order chi connectivity index (χ0) is 15.0. The van der Waals surface area contributed by atoms with Gasteiger partial charge in [0.2, 0.25) is 0 Å². The molecule has 0 fully saturated rings. The van der Waals surface area contributed by atoms with Gasteiger partial charge in [-0.1, -0.05) is 20.8 Å². The van der Waals surface area contributed by atoms with Gasteiger partial charge in [0.15, 0.2) is 5.82 Å². The molecule has 0 amide bonds. The van der Waals surface area contributed by atoms with Gasteiger partial charge < -0.3 is 15.4 Å². The van der Waals surface area contributed by atoms with Gasteiger partial charge in [-0.2, -0.15) is 0 Å². The van der Waals surface area contributed by atoms with Crippen molar-refractivity contribution < 1.29 is 4.74 Å². The van der Waals surface area contributed by atoms with E-state index in [0.717, 1.165) is 37.4 Å². The number of methoxy groups -OCH3 is 1. The Morgan fingerprint density at radius 3 is 2.15 bits per heavy atom. The molecule has 1 heterocycles. The monoisotopic (exact) mass is 280 g/mol. The molecule has 0 aliphatic carbocycles. The normalized spacial score (nSPS) is 11.4. The highest BCUT2D eigenvalue weighted by molar-refractivity contribution is 5.49. The molecule has 0 saturated carbocycles. The van der Waals surface area contributed by atoms with Crippen molar-refractivity contribution in [1.82, 2.24) is 9.97 Å². The van der Waals surface area contributed by atoms with Gasteiger partial charge in [-0.25, -0.2) is 9.97 Å². The summed E-state index contributed by atoms with van der Waals surface area (Å²) in [4.78, 5) is 8.98. The van der Waals surface area contributed by atoms with Crippen LogP contribution < -0.4 is 10.6 Å². The molecule has 0 saturated heterocycles. The van der Waals surface area contributed by atoms with E-state index in [0.29, 0.717) is 12.4 Å². The molecule has 0 radical (unpaired) electrons. The van der Waals surface area contributed by atoms with E-state index in [9.17, 15) is 0 Å². The fourth-order valence-electron chi connectivity index (χ4n) is 2.31. The van der Waals surface area contributed by atoms with E-state index in [1.54, 1.807) is 7.11 Å². The maximum Gasteiger partial charge on any atom is 0.158 e. The Balaban J connectivity index is 3.02. The van der Waals surface area contributed by atoms with Gasteiger partial charge in [-0.15, -0.1) is 0 Å². The third kappa shape index (κ3) is 4.34. The number of hydrogen-bond acceptors (Lipinski definition) is 5. The topological polar surface area (TPSA) is 59.1 Å². The zero-order valence-electron chi connectivity index (χ0n) is 13.4. The van der Waals surface area contributed by atoms with Crippen molar-refractivity contribution in [1.29, 1.82) is 0 Å². The Hall–Kier alpha value is -1.36. The molecule has 1 aromatic rings. The Morgan fingerprint density at radius 2 is 1.65 bits per heavy atom. The summed E-state index contributed by atoms with van der Waals surface area (Å²) in [6.07, 6.45) is 3.21. The number of anilines is 2. The predicted octanol–water partition coefficient (Wildman–Crippen LogP) is 3.44. The Morgan fingerprint density at radius 1 is 1.05 bits per heavy atom. The summed E-state index contributed by atoms with van der Waals surface area (Å²) < 4.78 is 5.14. The summed E-state index contributed by atoms with van der Waals surface area (Å²) in [6, 6.07) is 1.97. The van der Waals surface area contributed by atoms with Gasteiger partial charge in [0.1, 0.15) is 18.2 Å². The van der Waals surface area contributed by atoms with Crippen LogP contribution in [0.2, 0.25) is 0 Å². The minimum Gasteiger partial charge on any atom is -0.377 e. The Bertz CT molecular complexity index is 372. The number of hydrogen-bond donors (Lipinski definition) is 2. The zero-order valence-corrected chi connectivity index (χ0v) is 13.4. The van der Waals surface area contributed by atoms with Gasteiger partial charge in [0.05, 0.1) is 0 Å². The first-order valence-corrected chi connectivity index (χ1v) is 7.51. The highest BCUT2D eigenvalue weighted by atomic mass is 16.5. The second-order valence-corrected chi connectivity index (χ2v) is 4.98. The molecular weight excluding hydrogens is 252 g/mol. The molecule has 1 rings (SSSR count). The largest absolute Gasteiger partial charge is 0.377 e. The average Bonchev–Trinajstić information content (AvgIpc) is 2.45. The molecule has 0 aliphatic rings. The van der Waals surface area contributed by atoms with Crippen LogP contribution in [0.3, 0.4) is 0 Å². The van der Waals surface area contributed by atoms with E-state index in [4.69, 9.17) is 4.74 Å². The lowest BCUT2D eigenvalue weighted by Gasteiger charge is -2.32. The maximum absolute atomic E-state index is 5.14. The quantitative estimate of drug-likeness (QED) is 0.725. The molecular formula is C15H28N4O. The van der Waals surface area contributed by atoms with E-state index < -0.39 is 0 Å². The number of nitrogens with zero attached hydrogens (tertiary/aromatic N) is 2. The Labute approximate surface area is 122 Å². The molecule has 0 bridgehead atoms. The van der Waals surface area contributed by atoms with Crippen molar-refractivity contribution in [3.05, 3.63) is 11.9 Å². The second kappa shape index (κ2) is 8.04. The fourth-order valence-corrected chi connectivity index (χ4v) is 2.31. The summed E-state index contributed by atoms with van der Waals surface area (Å²) in [5.41, 5.74) is 0.0994. The SMILES string of the molecule is CCNc1cc(NC(CC)(CC)CC)nc(COC)n1. The highest BCUT2D eigenvalue weighted by Gasteiger charge is 2.24. The smallest absolute Gasteiger partial charge is 0.158 e. The van der Waals surface area contributed by atoms with E-state index in [1.807, 2.05) is 6.07 Å². The molecule has 0 unspecified atom stereocenters. The van der Waals surface area contributed by atoms with Crippen molar-refractivity contribution in [3.8, 4) is 0 Å². The average molecular weight is 280 g/mol. The molecule has 1 aromatic heterocycles. The number of ether oxygens (including phenoxy) is 1. The lowest BCUT2D eigenvalue weighted by atomic mass is 9.90. The molecule has 5 nitrogen and oxygen atoms in total. The van der Waals surface area contributed by atoms with E-state index in [-0.39, 0.29) is 5.54 Å². The van der Waals surface area contributed by atoms with Gasteiger partial charge >= 0.3 is 0 Å². The second-order valence-electron chi connectivity index (χ2n) is 4.98. The van der Waals surface area contributed by atoms with Crippen LogP contribution in [0, 0.1) is 0 Å². The van der Waals surface area contributed by atoms with Crippen LogP contribution in [0.25, 0.3) is 0 Å². The van der Waals surface area contributed by atoms with Crippen molar-refractivity contribution in [2.24, 2.45) is 0 Å². The fraction of sp³-hybridized carbons (Fsp3) is 0.733. The summed E-state index contributed by atoms with van der Waals surface area (Å²) >= 11 is 0. The maximum atomic E-state index is 5.14. The van der Waals surface area contributed by atoms with Crippen molar-refractivity contribution in [3.63, 3.8) is 0 Å². The molecule has 0 aromatic carbocycles. The van der Waals surface area contributed by atoms with Crippen molar-refractivity contribution in [2.45, 2.75) is 59.1 Å². The first-order valence-electron chi connectivity index (χ1n) is 7.51. The number of rotatable bonds is 9. The summed E-state index contributed by atoms with van der Waals surface area (Å²) in [6.45, 7) is 9.95. The van der Waals surface area contributed by atoms with Crippen LogP contribution in [0.4, 0.5) is 11.6 Å². The summed E-state index contributed by atoms with van der Waals surface area (Å²) in [5, 5.41) is 6.83. The molecule has 114 valence electrons. The van der Waals surface area contributed by atoms with Gasteiger partial charge in [-0.3, -0.25) is 0 Å². The van der Waals surface area contributed by atoms with Crippen molar-refractivity contribution in [2.75, 3.05) is 24.3 Å². The number of nitrogens with one attached hydrogen (secondary N) is 2. The summed E-state index contributed by atoms with van der Waals surface area (Å²) in [7, 11) is 1.66. The third-order valence-corrected chi connectivity index (χ3v) is 3.83. The van der Waals surface area contributed by atoms with Crippen molar-refractivity contribution >= 4 is 11.6 Å². The predicted molar refractivity (Wildman–Crippen MR) is 84.1 cm³/mol. The van der Waals surface area contributed by atoms with Crippen LogP contribution >= 0.6 is 0 Å². The summed E-state index contributed by atoms with van der Waals surface area (Å²) in [5.74, 6) is 2.41. The van der Waals surface area contributed by atoms with Crippen LogP contribution in [0.1, 0.15) is 52.8 Å². The Kier molecular flexibility index (Phi) is 6.71. The lowest BCUT2D eigenvalue weighted by molar-refractivity contribution is 0.178. The first kappa shape index (κ1) is 16.7. The van der Waals surface area contributed by atoms with Gasteiger partial charge in [0.25, 0.3) is 0 Å². The molecule has 0 spiro atoms. The molecule has 0 atom stereocenters. The lowest BCUT2D eigenvalue weighted by Crippen LogP contribution is -2.36. The van der Waals surface area contributed by atoms with Crippen LogP contribution in [-0.2, 0) is 11.3 Å². The van der Waals surface area contributed by atoms with E-state index >= 15 is 0 Å². The minimum absolute atomic E-state index is 0.0994. The molecule has 20 heavy (non-hydrogen) atoms. The molecule has 0 aliphatic heterocycles.